The first-order valence-corrected chi connectivity index (χ1v) is 3.08. The summed E-state index contributed by atoms with van der Waals surface area (Å²) in [6, 6.07) is 9.19. The minimum atomic E-state index is -0.774. The van der Waals surface area contributed by atoms with Crippen LogP contribution in [0.3, 0.4) is 0 Å². The Kier molecular flexibility index (Phi) is 6.14. The van der Waals surface area contributed by atoms with Crippen LogP contribution in [0.5, 0.6) is 0 Å². The SMILES string of the molecule is OB1OCc2c[c-]c[c-]c21.[W].[Y]. The van der Waals surface area contributed by atoms with Crippen LogP contribution in [-0.2, 0) is 65.0 Å². The van der Waals surface area contributed by atoms with E-state index in [1.54, 1.807) is 6.07 Å². The van der Waals surface area contributed by atoms with Gasteiger partial charge in [-0.25, -0.2) is 5.46 Å². The van der Waals surface area contributed by atoms with Crippen molar-refractivity contribution in [3.63, 3.8) is 0 Å². The third-order valence-corrected chi connectivity index (χ3v) is 1.56. The molecule has 0 saturated carbocycles. The summed E-state index contributed by atoms with van der Waals surface area (Å²) in [5.41, 5.74) is 1.73. The number of benzene rings is 1. The molecule has 0 saturated heterocycles. The standard InChI is InChI=1S/C7H5BO2.W.Y/c9-8-7-4-2-1-3-6(7)5-10-8;;/h2-3,9H,5H2;;/q-2;;. The van der Waals surface area contributed by atoms with Gasteiger partial charge in [-0.2, -0.15) is 0 Å². The van der Waals surface area contributed by atoms with Crippen LogP contribution in [0.2, 0.25) is 0 Å². The van der Waals surface area contributed by atoms with Gasteiger partial charge in [0.1, 0.15) is 0 Å². The first kappa shape index (κ1) is 13.0. The molecular weight excluding hydrogens is 400 g/mol. The Balaban J connectivity index is 0.000000605. The molecule has 0 spiro atoms. The van der Waals surface area contributed by atoms with Gasteiger partial charge in [-0.1, -0.05) is 0 Å². The summed E-state index contributed by atoms with van der Waals surface area (Å²) >= 11 is 0. The fourth-order valence-electron chi connectivity index (χ4n) is 1.03. The third-order valence-electron chi connectivity index (χ3n) is 1.56. The van der Waals surface area contributed by atoms with E-state index in [4.69, 9.17) is 9.68 Å². The molecule has 1 aromatic carbocycles. The van der Waals surface area contributed by atoms with Gasteiger partial charge in [-0.15, -0.1) is 0 Å². The van der Waals surface area contributed by atoms with Crippen molar-refractivity contribution in [2.24, 2.45) is 0 Å². The molecule has 1 aromatic rings. The molecule has 1 radical (unpaired) electrons. The van der Waals surface area contributed by atoms with E-state index in [-0.39, 0.29) is 53.8 Å². The third kappa shape index (κ3) is 2.49. The molecular formula is C7H5BO2WY-2. The molecule has 2 rings (SSSR count). The van der Waals surface area contributed by atoms with Crippen molar-refractivity contribution < 1.29 is 63.5 Å². The maximum atomic E-state index is 9.11. The second kappa shape index (κ2) is 5.67. The molecule has 12 heavy (non-hydrogen) atoms. The van der Waals surface area contributed by atoms with Crippen molar-refractivity contribution in [2.45, 2.75) is 6.61 Å². The van der Waals surface area contributed by atoms with E-state index >= 15 is 0 Å². The molecule has 1 aliphatic heterocycles. The fourth-order valence-corrected chi connectivity index (χ4v) is 1.03. The first-order valence-electron chi connectivity index (χ1n) is 3.08. The van der Waals surface area contributed by atoms with Crippen LogP contribution in [0.4, 0.5) is 0 Å². The van der Waals surface area contributed by atoms with E-state index in [1.165, 1.54) is 0 Å². The Bertz CT molecular complexity index is 259. The molecule has 0 amide bonds. The van der Waals surface area contributed by atoms with Crippen LogP contribution in [0.25, 0.3) is 0 Å². The number of hydrogen-bond donors (Lipinski definition) is 1. The predicted molar refractivity (Wildman–Crippen MR) is 36.5 cm³/mol. The molecule has 59 valence electrons. The Hall–Kier alpha value is 0.997. The van der Waals surface area contributed by atoms with Crippen molar-refractivity contribution in [1.29, 1.82) is 0 Å². The van der Waals surface area contributed by atoms with E-state index in [0.717, 1.165) is 11.0 Å². The molecule has 5 heteroatoms. The number of rotatable bonds is 0. The molecule has 1 aliphatic rings. The zero-order valence-electron chi connectivity index (χ0n) is 6.28. The van der Waals surface area contributed by atoms with Crippen LogP contribution in [-0.4, -0.2) is 12.1 Å². The smallest absolute Gasteiger partial charge is 0.429 e. The van der Waals surface area contributed by atoms with Gasteiger partial charge in [0.2, 0.25) is 0 Å². The Morgan fingerprint density at radius 1 is 1.58 bits per heavy atom. The van der Waals surface area contributed by atoms with Gasteiger partial charge in [-0.3, -0.25) is 11.6 Å². The summed E-state index contributed by atoms with van der Waals surface area (Å²) in [5.74, 6) is 0. The predicted octanol–water partition coefficient (Wildman–Crippen LogP) is -0.500. The van der Waals surface area contributed by atoms with Gasteiger partial charge in [-0.05, 0) is 6.61 Å². The zero-order chi connectivity index (χ0) is 6.97. The maximum absolute atomic E-state index is 9.11. The van der Waals surface area contributed by atoms with Crippen LogP contribution >= 0.6 is 0 Å². The normalized spacial score (nSPS) is 12.9. The van der Waals surface area contributed by atoms with Gasteiger partial charge in [0.25, 0.3) is 0 Å². The fraction of sp³-hybridized carbons (Fsp3) is 0.143. The molecule has 0 aromatic heterocycles. The van der Waals surface area contributed by atoms with Crippen LogP contribution < -0.4 is 5.46 Å². The topological polar surface area (TPSA) is 29.5 Å². The molecule has 1 N–H and O–H groups in total. The Morgan fingerprint density at radius 2 is 2.33 bits per heavy atom. The molecule has 0 aliphatic carbocycles. The van der Waals surface area contributed by atoms with Crippen molar-refractivity contribution in [2.75, 3.05) is 0 Å². The Morgan fingerprint density at radius 3 is 3.00 bits per heavy atom. The minimum Gasteiger partial charge on any atom is -0.429 e. The van der Waals surface area contributed by atoms with E-state index in [9.17, 15) is 0 Å². The monoisotopic (exact) mass is 405 g/mol. The first-order chi connectivity index (χ1) is 4.88. The van der Waals surface area contributed by atoms with Gasteiger partial charge < -0.3 is 27.9 Å². The van der Waals surface area contributed by atoms with Crippen LogP contribution in [0, 0.1) is 12.1 Å². The quantitative estimate of drug-likeness (QED) is 0.467. The minimum absolute atomic E-state index is 0. The van der Waals surface area contributed by atoms with E-state index in [0.29, 0.717) is 6.61 Å². The summed E-state index contributed by atoms with van der Waals surface area (Å²) in [6.07, 6.45) is 0. The summed E-state index contributed by atoms with van der Waals surface area (Å²) < 4.78 is 4.93. The van der Waals surface area contributed by atoms with Crippen molar-refractivity contribution >= 4 is 12.6 Å². The van der Waals surface area contributed by atoms with E-state index < -0.39 is 7.12 Å². The second-order valence-corrected chi connectivity index (χ2v) is 2.20. The van der Waals surface area contributed by atoms with E-state index in [1.807, 2.05) is 6.07 Å². The summed E-state index contributed by atoms with van der Waals surface area (Å²) in [5, 5.41) is 9.11. The van der Waals surface area contributed by atoms with E-state index in [2.05, 4.69) is 12.1 Å². The van der Waals surface area contributed by atoms with Gasteiger partial charge in [0, 0.05) is 53.8 Å². The summed E-state index contributed by atoms with van der Waals surface area (Å²) in [6.45, 7) is 0.477. The average Bonchev–Trinajstić information content (AvgIpc) is 2.34. The van der Waals surface area contributed by atoms with Crippen LogP contribution in [0.1, 0.15) is 5.56 Å². The van der Waals surface area contributed by atoms with Crippen molar-refractivity contribution in [3.05, 3.63) is 29.8 Å². The maximum Gasteiger partial charge on any atom is 0.440 e. The summed E-state index contributed by atoms with van der Waals surface area (Å²) in [7, 11) is -0.774. The molecule has 0 bridgehead atoms. The summed E-state index contributed by atoms with van der Waals surface area (Å²) in [4.78, 5) is 0. The molecule has 2 nitrogen and oxygen atoms in total. The second-order valence-electron chi connectivity index (χ2n) is 2.20. The van der Waals surface area contributed by atoms with Crippen molar-refractivity contribution in [1.82, 2.24) is 0 Å². The van der Waals surface area contributed by atoms with Crippen LogP contribution in [0.15, 0.2) is 12.1 Å². The molecule has 0 unspecified atom stereocenters. The molecule has 0 fully saturated rings. The average molecular weight is 405 g/mol. The molecule has 0 atom stereocenters. The number of fused-ring (bicyclic) bond motifs is 1. The van der Waals surface area contributed by atoms with Crippen molar-refractivity contribution in [3.8, 4) is 0 Å². The zero-order valence-corrected chi connectivity index (χ0v) is 12.1. The largest absolute Gasteiger partial charge is 0.440 e. The number of hydrogen-bond acceptors (Lipinski definition) is 2. The van der Waals surface area contributed by atoms with Gasteiger partial charge in [0.15, 0.2) is 0 Å². The Labute approximate surface area is 111 Å². The van der Waals surface area contributed by atoms with Gasteiger partial charge >= 0.3 is 7.12 Å². The van der Waals surface area contributed by atoms with Gasteiger partial charge in [0.05, 0.1) is 0 Å². The molecule has 1 heterocycles.